The third-order valence-electron chi connectivity index (χ3n) is 6.61. The third-order valence-corrected chi connectivity index (χ3v) is 7.55. The van der Waals surface area contributed by atoms with Gasteiger partial charge in [0.2, 0.25) is 5.91 Å². The van der Waals surface area contributed by atoms with Crippen LogP contribution in [0.2, 0.25) is 0 Å². The van der Waals surface area contributed by atoms with Gasteiger partial charge in [0.15, 0.2) is 0 Å². The number of carbonyl (C=O) groups is 2. The normalized spacial score (nSPS) is 17.7. The summed E-state index contributed by atoms with van der Waals surface area (Å²) in [5.41, 5.74) is 5.40. The van der Waals surface area contributed by atoms with E-state index in [9.17, 15) is 9.59 Å². The second-order valence-electron chi connectivity index (χ2n) is 8.84. The molecule has 3 amide bonds. The fraction of sp³-hybridized carbons (Fsp3) is 0.286. The van der Waals surface area contributed by atoms with Crippen LogP contribution in [-0.2, 0) is 17.8 Å². The van der Waals surface area contributed by atoms with Gasteiger partial charge in [0.1, 0.15) is 0 Å². The van der Waals surface area contributed by atoms with Crippen LogP contribution in [-0.4, -0.2) is 52.9 Å². The molecule has 3 aromatic rings. The summed E-state index contributed by atoms with van der Waals surface area (Å²) in [4.78, 5) is 29.5. The van der Waals surface area contributed by atoms with Gasteiger partial charge in [0.25, 0.3) is 0 Å². The maximum Gasteiger partial charge on any atom is 0.322 e. The number of hydrogen-bond donors (Lipinski definition) is 1. The molecule has 0 radical (unpaired) electrons. The van der Waals surface area contributed by atoms with Gasteiger partial charge in [-0.3, -0.25) is 4.79 Å². The summed E-state index contributed by atoms with van der Waals surface area (Å²) in [6, 6.07) is 26.3. The zero-order chi connectivity index (χ0) is 23.3. The lowest BCUT2D eigenvalue weighted by atomic mass is 9.85. The van der Waals surface area contributed by atoms with Gasteiger partial charge in [-0.2, -0.15) is 11.8 Å². The quantitative estimate of drug-likeness (QED) is 0.584. The Morgan fingerprint density at radius 1 is 0.853 bits per heavy atom. The molecule has 0 saturated carbocycles. The SMILES string of the molecule is O=C(Cc1ccc(NC(=O)N2Cc3ccccc3C(c3ccccc3)C2)cc1)N1CCSCC1. The molecule has 6 heteroatoms. The first-order chi connectivity index (χ1) is 16.7. The largest absolute Gasteiger partial charge is 0.341 e. The number of rotatable bonds is 4. The molecule has 1 saturated heterocycles. The van der Waals surface area contributed by atoms with E-state index in [1.54, 1.807) is 0 Å². The first-order valence-corrected chi connectivity index (χ1v) is 13.0. The summed E-state index contributed by atoms with van der Waals surface area (Å²) in [6.45, 7) is 2.89. The van der Waals surface area contributed by atoms with E-state index in [0.29, 0.717) is 19.5 Å². The molecule has 1 unspecified atom stereocenters. The second-order valence-corrected chi connectivity index (χ2v) is 10.1. The molecule has 1 atom stereocenters. The summed E-state index contributed by atoms with van der Waals surface area (Å²) in [5.74, 6) is 2.36. The fourth-order valence-electron chi connectivity index (χ4n) is 4.74. The van der Waals surface area contributed by atoms with Crippen LogP contribution in [0.25, 0.3) is 0 Å². The highest BCUT2D eigenvalue weighted by molar-refractivity contribution is 7.99. The van der Waals surface area contributed by atoms with Gasteiger partial charge >= 0.3 is 6.03 Å². The predicted molar refractivity (Wildman–Crippen MR) is 138 cm³/mol. The van der Waals surface area contributed by atoms with Crippen LogP contribution in [0.4, 0.5) is 10.5 Å². The molecule has 2 heterocycles. The van der Waals surface area contributed by atoms with Crippen molar-refractivity contribution >= 4 is 29.4 Å². The van der Waals surface area contributed by atoms with Crippen molar-refractivity contribution in [1.82, 2.24) is 9.80 Å². The number of hydrogen-bond acceptors (Lipinski definition) is 3. The minimum absolute atomic E-state index is 0.106. The molecule has 3 aromatic carbocycles. The van der Waals surface area contributed by atoms with Crippen LogP contribution < -0.4 is 5.32 Å². The van der Waals surface area contributed by atoms with Gasteiger partial charge in [-0.05, 0) is 34.4 Å². The summed E-state index contributed by atoms with van der Waals surface area (Å²) < 4.78 is 0. The van der Waals surface area contributed by atoms with Crippen molar-refractivity contribution in [3.05, 3.63) is 101 Å². The monoisotopic (exact) mass is 471 g/mol. The molecule has 5 rings (SSSR count). The van der Waals surface area contributed by atoms with E-state index in [2.05, 4.69) is 35.6 Å². The first-order valence-electron chi connectivity index (χ1n) is 11.8. The Labute approximate surface area is 205 Å². The smallest absolute Gasteiger partial charge is 0.322 e. The first kappa shape index (κ1) is 22.5. The summed E-state index contributed by atoms with van der Waals surface area (Å²) in [7, 11) is 0. The topological polar surface area (TPSA) is 52.7 Å². The van der Waals surface area contributed by atoms with Crippen molar-refractivity contribution in [2.24, 2.45) is 0 Å². The molecule has 0 spiro atoms. The van der Waals surface area contributed by atoms with Gasteiger partial charge < -0.3 is 15.1 Å². The average Bonchev–Trinajstić information content (AvgIpc) is 2.90. The van der Waals surface area contributed by atoms with Crippen LogP contribution in [0.1, 0.15) is 28.2 Å². The molecule has 1 N–H and O–H groups in total. The lowest BCUT2D eigenvalue weighted by Gasteiger charge is -2.35. The minimum Gasteiger partial charge on any atom is -0.341 e. The molecule has 34 heavy (non-hydrogen) atoms. The van der Waals surface area contributed by atoms with E-state index in [0.717, 1.165) is 35.8 Å². The van der Waals surface area contributed by atoms with Crippen LogP contribution in [0.3, 0.4) is 0 Å². The molecule has 0 aromatic heterocycles. The zero-order valence-electron chi connectivity index (χ0n) is 19.2. The van der Waals surface area contributed by atoms with Crippen LogP contribution >= 0.6 is 11.8 Å². The van der Waals surface area contributed by atoms with Crippen molar-refractivity contribution in [3.8, 4) is 0 Å². The number of benzene rings is 3. The third kappa shape index (κ3) is 5.12. The van der Waals surface area contributed by atoms with E-state index in [4.69, 9.17) is 0 Å². The van der Waals surface area contributed by atoms with Crippen molar-refractivity contribution < 1.29 is 9.59 Å². The van der Waals surface area contributed by atoms with Crippen molar-refractivity contribution in [3.63, 3.8) is 0 Å². The van der Waals surface area contributed by atoms with E-state index in [-0.39, 0.29) is 17.9 Å². The molecular weight excluding hydrogens is 442 g/mol. The Morgan fingerprint density at radius 3 is 2.32 bits per heavy atom. The molecule has 0 aliphatic carbocycles. The Bertz CT molecular complexity index is 1140. The maximum absolute atomic E-state index is 13.2. The standard InChI is InChI=1S/C28H29N3O2S/c32-27(30-14-16-34-17-15-30)18-21-10-12-24(13-11-21)29-28(33)31-19-23-8-4-5-9-25(23)26(20-31)22-6-2-1-3-7-22/h1-13,26H,14-20H2,(H,29,33). The number of nitrogens with zero attached hydrogens (tertiary/aromatic N) is 2. The number of urea groups is 1. The van der Waals surface area contributed by atoms with E-state index >= 15 is 0 Å². The summed E-state index contributed by atoms with van der Waals surface area (Å²) in [5, 5.41) is 3.05. The zero-order valence-corrected chi connectivity index (χ0v) is 20.0. The Hall–Kier alpha value is -3.25. The van der Waals surface area contributed by atoms with Crippen molar-refractivity contribution in [1.29, 1.82) is 0 Å². The molecule has 5 nitrogen and oxygen atoms in total. The van der Waals surface area contributed by atoms with E-state index in [1.165, 1.54) is 16.7 Å². The van der Waals surface area contributed by atoms with Crippen LogP contribution in [0, 0.1) is 0 Å². The van der Waals surface area contributed by atoms with Gasteiger partial charge in [-0.1, -0.05) is 66.7 Å². The molecule has 0 bridgehead atoms. The number of amides is 3. The molecule has 2 aliphatic rings. The van der Waals surface area contributed by atoms with Crippen molar-refractivity contribution in [2.45, 2.75) is 18.9 Å². The lowest BCUT2D eigenvalue weighted by molar-refractivity contribution is -0.130. The van der Waals surface area contributed by atoms with E-state index in [1.807, 2.05) is 70.1 Å². The number of nitrogens with one attached hydrogen (secondary N) is 1. The Kier molecular flexibility index (Phi) is 6.86. The van der Waals surface area contributed by atoms with Crippen LogP contribution in [0.15, 0.2) is 78.9 Å². The maximum atomic E-state index is 13.2. The van der Waals surface area contributed by atoms with Gasteiger partial charge in [0, 0.05) is 49.3 Å². The number of fused-ring (bicyclic) bond motifs is 1. The summed E-state index contributed by atoms with van der Waals surface area (Å²) in [6.07, 6.45) is 0.403. The van der Waals surface area contributed by atoms with E-state index < -0.39 is 0 Å². The highest BCUT2D eigenvalue weighted by Gasteiger charge is 2.29. The molecule has 1 fully saturated rings. The summed E-state index contributed by atoms with van der Waals surface area (Å²) >= 11 is 1.90. The fourth-order valence-corrected chi connectivity index (χ4v) is 5.64. The van der Waals surface area contributed by atoms with Gasteiger partial charge in [0.05, 0.1) is 6.42 Å². The van der Waals surface area contributed by atoms with Gasteiger partial charge in [-0.15, -0.1) is 0 Å². The number of carbonyl (C=O) groups excluding carboxylic acids is 2. The molecule has 2 aliphatic heterocycles. The predicted octanol–water partition coefficient (Wildman–Crippen LogP) is 4.98. The second kappa shape index (κ2) is 10.3. The number of thioether (sulfide) groups is 1. The minimum atomic E-state index is -0.106. The lowest BCUT2D eigenvalue weighted by Crippen LogP contribution is -2.41. The molecular formula is C28H29N3O2S. The van der Waals surface area contributed by atoms with Crippen molar-refractivity contribution in [2.75, 3.05) is 36.5 Å². The average molecular weight is 472 g/mol. The van der Waals surface area contributed by atoms with Crippen LogP contribution in [0.5, 0.6) is 0 Å². The Balaban J connectivity index is 1.25. The highest BCUT2D eigenvalue weighted by atomic mass is 32.2. The Morgan fingerprint density at radius 2 is 1.56 bits per heavy atom. The number of anilines is 1. The molecule has 174 valence electrons. The highest BCUT2D eigenvalue weighted by Crippen LogP contribution is 2.33. The van der Waals surface area contributed by atoms with Gasteiger partial charge in [-0.25, -0.2) is 4.79 Å².